The van der Waals surface area contributed by atoms with Gasteiger partial charge in [0.2, 0.25) is 10.0 Å². The van der Waals surface area contributed by atoms with E-state index < -0.39 is 34.3 Å². The lowest BCUT2D eigenvalue weighted by molar-refractivity contribution is -0.193. The van der Waals surface area contributed by atoms with Crippen molar-refractivity contribution in [1.82, 2.24) is 14.1 Å². The number of hydrogen-bond acceptors (Lipinski definition) is 8. The lowest BCUT2D eigenvalue weighted by atomic mass is 10.0. The third-order valence-corrected chi connectivity index (χ3v) is 10.1. The molecule has 12 nitrogen and oxygen atoms in total. The molecule has 2 heterocycles. The highest BCUT2D eigenvalue weighted by atomic mass is 32.2. The number of rotatable bonds is 10. The van der Waals surface area contributed by atoms with Gasteiger partial charge in [0, 0.05) is 26.7 Å². The Hall–Kier alpha value is -4.62. The summed E-state index contributed by atoms with van der Waals surface area (Å²) in [6.45, 7) is 8.50. The third kappa shape index (κ3) is 12.8. The van der Waals surface area contributed by atoms with Crippen LogP contribution in [0.15, 0.2) is 58.0 Å². The summed E-state index contributed by atoms with van der Waals surface area (Å²) in [6.07, 6.45) is -6.25. The van der Waals surface area contributed by atoms with Crippen LogP contribution < -0.4 is 4.74 Å². The van der Waals surface area contributed by atoms with Gasteiger partial charge in [-0.15, -0.1) is 0 Å². The topological polar surface area (TPSA) is 158 Å². The number of carbonyl (C=O) groups excluding carboxylic acids is 1. The molecule has 1 atom stereocenters. The smallest absolute Gasteiger partial charge is 0.490 e. The van der Waals surface area contributed by atoms with Gasteiger partial charge >= 0.3 is 24.3 Å². The quantitative estimate of drug-likeness (QED) is 0.220. The Labute approximate surface area is 302 Å². The average Bonchev–Trinajstić information content (AvgIpc) is 3.77. The first-order valence-electron chi connectivity index (χ1n) is 15.8. The molecule has 0 aliphatic carbocycles. The van der Waals surface area contributed by atoms with E-state index in [0.717, 1.165) is 18.7 Å². The van der Waals surface area contributed by atoms with Crippen molar-refractivity contribution in [1.29, 1.82) is 0 Å². The lowest BCUT2D eigenvalue weighted by Gasteiger charge is -2.24. The van der Waals surface area contributed by atoms with Crippen molar-refractivity contribution in [3.05, 3.63) is 82.3 Å². The number of amides is 1. The average molecular weight is 782 g/mol. The molecule has 0 saturated carbocycles. The maximum Gasteiger partial charge on any atom is 0.490 e. The number of hydrogen-bond donors (Lipinski definition) is 2. The Bertz CT molecular complexity index is 1770. The van der Waals surface area contributed by atoms with Crippen LogP contribution in [0.4, 0.5) is 26.3 Å². The van der Waals surface area contributed by atoms with Crippen LogP contribution >= 0.6 is 0 Å². The van der Waals surface area contributed by atoms with Crippen molar-refractivity contribution in [2.75, 3.05) is 34.3 Å². The first-order valence-corrected chi connectivity index (χ1v) is 17.2. The van der Waals surface area contributed by atoms with Crippen LogP contribution in [0.1, 0.15) is 64.2 Å². The molecule has 0 spiro atoms. The fourth-order valence-electron chi connectivity index (χ4n) is 5.28. The zero-order valence-electron chi connectivity index (χ0n) is 29.7. The first kappa shape index (κ1) is 44.5. The number of methoxy groups -OCH3 is 1. The van der Waals surface area contributed by atoms with Crippen molar-refractivity contribution in [2.24, 2.45) is 0 Å². The summed E-state index contributed by atoms with van der Waals surface area (Å²) in [4.78, 5) is 35.3. The lowest BCUT2D eigenvalue weighted by Crippen LogP contribution is -2.28. The Balaban J connectivity index is 0.000000587. The minimum atomic E-state index is -5.08. The van der Waals surface area contributed by atoms with Crippen LogP contribution in [-0.2, 0) is 32.7 Å². The molecule has 53 heavy (non-hydrogen) atoms. The Kier molecular flexibility index (Phi) is 15.5. The second kappa shape index (κ2) is 18.4. The maximum atomic E-state index is 13.3. The van der Waals surface area contributed by atoms with E-state index >= 15 is 0 Å². The van der Waals surface area contributed by atoms with Gasteiger partial charge in [-0.1, -0.05) is 24.3 Å². The van der Waals surface area contributed by atoms with Gasteiger partial charge < -0.3 is 24.3 Å². The van der Waals surface area contributed by atoms with Gasteiger partial charge in [-0.3, -0.25) is 9.69 Å². The van der Waals surface area contributed by atoms with Crippen LogP contribution in [0.2, 0.25) is 0 Å². The summed E-state index contributed by atoms with van der Waals surface area (Å²) < 4.78 is 102. The van der Waals surface area contributed by atoms with Crippen LogP contribution in [-0.4, -0.2) is 97.2 Å². The van der Waals surface area contributed by atoms with E-state index in [4.69, 9.17) is 29.0 Å². The molecule has 0 bridgehead atoms. The van der Waals surface area contributed by atoms with E-state index in [2.05, 4.69) is 36.1 Å². The molecule has 1 fully saturated rings. The number of carboxylic acids is 2. The molecule has 1 aromatic heterocycles. The van der Waals surface area contributed by atoms with Crippen LogP contribution in [0.3, 0.4) is 0 Å². The Morgan fingerprint density at radius 3 is 1.79 bits per heavy atom. The number of carboxylic acid groups (broad SMARTS) is 2. The number of halogens is 6. The molecule has 2 aromatic carbocycles. The van der Waals surface area contributed by atoms with Crippen LogP contribution in [0.25, 0.3) is 0 Å². The van der Waals surface area contributed by atoms with Gasteiger partial charge in [-0.2, -0.15) is 30.6 Å². The Morgan fingerprint density at radius 1 is 0.887 bits per heavy atom. The van der Waals surface area contributed by atoms with Gasteiger partial charge in [-0.25, -0.2) is 18.0 Å². The minimum Gasteiger partial charge on any atom is -0.497 e. The molecule has 1 saturated heterocycles. The SMILES string of the molecule is COc1cc(C)c(S(=O)(=O)N(C)Cc2cc(C(=O)N(C)Cc3ccc(C(C)N4CCCC4)cc3)co2)c(C)c1.O=C(O)C(F)(F)F.O=C(O)C(F)(F)F. The number of aryl methyl sites for hydroxylation is 2. The van der Waals surface area contributed by atoms with Gasteiger partial charge in [0.25, 0.3) is 5.91 Å². The predicted molar refractivity (Wildman–Crippen MR) is 179 cm³/mol. The van der Waals surface area contributed by atoms with Crippen molar-refractivity contribution < 1.29 is 68.5 Å². The summed E-state index contributed by atoms with van der Waals surface area (Å²) in [6, 6.07) is 13.9. The van der Waals surface area contributed by atoms with Crippen LogP contribution in [0, 0.1) is 13.8 Å². The number of benzene rings is 2. The van der Waals surface area contributed by atoms with Gasteiger partial charge in [0.15, 0.2) is 0 Å². The summed E-state index contributed by atoms with van der Waals surface area (Å²) in [5.74, 6) is -4.70. The molecule has 1 aliphatic rings. The molecular formula is C34H41F6N3O9S. The third-order valence-electron chi connectivity index (χ3n) is 8.02. The monoisotopic (exact) mass is 781 g/mol. The molecule has 1 amide bonds. The fourth-order valence-corrected chi connectivity index (χ4v) is 6.82. The van der Waals surface area contributed by atoms with E-state index in [1.165, 1.54) is 36.0 Å². The normalized spacial score (nSPS) is 14.1. The second-order valence-corrected chi connectivity index (χ2v) is 14.1. The summed E-state index contributed by atoms with van der Waals surface area (Å²) in [7, 11) is 1.02. The largest absolute Gasteiger partial charge is 0.497 e. The van der Waals surface area contributed by atoms with Crippen molar-refractivity contribution in [2.45, 2.75) is 70.0 Å². The minimum absolute atomic E-state index is 0.000894. The predicted octanol–water partition coefficient (Wildman–Crippen LogP) is 6.42. The van der Waals surface area contributed by atoms with Crippen molar-refractivity contribution in [3.8, 4) is 5.75 Å². The summed E-state index contributed by atoms with van der Waals surface area (Å²) in [5.41, 5.74) is 3.92. The van der Waals surface area contributed by atoms with Crippen LogP contribution in [0.5, 0.6) is 5.75 Å². The molecule has 1 unspecified atom stereocenters. The van der Waals surface area contributed by atoms with E-state index in [9.17, 15) is 39.6 Å². The number of alkyl halides is 6. The number of aliphatic carboxylic acids is 2. The first-order chi connectivity index (χ1) is 24.4. The summed E-state index contributed by atoms with van der Waals surface area (Å²) in [5, 5.41) is 14.2. The van der Waals surface area contributed by atoms with E-state index in [1.807, 2.05) is 0 Å². The highest BCUT2D eigenvalue weighted by molar-refractivity contribution is 7.89. The molecule has 2 N–H and O–H groups in total. The molecule has 1 aliphatic heterocycles. The van der Waals surface area contributed by atoms with Crippen molar-refractivity contribution in [3.63, 3.8) is 0 Å². The van der Waals surface area contributed by atoms with Gasteiger partial charge in [0.05, 0.1) is 24.1 Å². The molecule has 4 rings (SSSR count). The fraction of sp³-hybridized carbons (Fsp3) is 0.441. The standard InChI is InChI=1S/C30H39N3O5S.2C2HF3O2/c1-21-15-27(37-6)16-22(2)29(21)39(35,36)32(5)19-28-17-26(20-38-28)30(34)31(4)18-24-9-11-25(12-10-24)23(3)33-13-7-8-14-33;2*3-2(4,5)1(6)7/h9-12,15-17,20,23H,7-8,13-14,18-19H2,1-6H3;2*(H,6,7). The van der Waals surface area contributed by atoms with E-state index in [0.29, 0.717) is 40.8 Å². The molecular weight excluding hydrogens is 740 g/mol. The molecule has 0 radical (unpaired) electrons. The number of furan rings is 1. The second-order valence-electron chi connectivity index (χ2n) is 12.1. The number of sulfonamides is 1. The molecule has 3 aromatic rings. The van der Waals surface area contributed by atoms with E-state index in [-0.39, 0.29) is 17.3 Å². The maximum absolute atomic E-state index is 13.3. The van der Waals surface area contributed by atoms with Gasteiger partial charge in [0.1, 0.15) is 17.8 Å². The molecule has 19 heteroatoms. The highest BCUT2D eigenvalue weighted by Gasteiger charge is 2.39. The zero-order chi connectivity index (χ0) is 40.5. The van der Waals surface area contributed by atoms with E-state index in [1.54, 1.807) is 51.1 Å². The van der Waals surface area contributed by atoms with Gasteiger partial charge in [-0.05, 0) is 87.2 Å². The number of ether oxygens (including phenoxy) is 1. The zero-order valence-corrected chi connectivity index (χ0v) is 30.5. The molecule has 294 valence electrons. The highest BCUT2D eigenvalue weighted by Crippen LogP contribution is 2.29. The summed E-state index contributed by atoms with van der Waals surface area (Å²) >= 11 is 0. The Morgan fingerprint density at radius 2 is 1.36 bits per heavy atom. The number of likely N-dealkylation sites (tertiary alicyclic amines) is 1. The number of carbonyl (C=O) groups is 3. The number of nitrogens with zero attached hydrogens (tertiary/aromatic N) is 3. The van der Waals surface area contributed by atoms with Crippen molar-refractivity contribution >= 4 is 27.9 Å².